The average Bonchev–Trinajstić information content (AvgIpc) is 3.45. The van der Waals surface area contributed by atoms with E-state index in [4.69, 9.17) is 4.42 Å². The lowest BCUT2D eigenvalue weighted by Crippen LogP contribution is -2.50. The van der Waals surface area contributed by atoms with Crippen LogP contribution in [0, 0.1) is 0 Å². The highest BCUT2D eigenvalue weighted by Crippen LogP contribution is 2.21. The van der Waals surface area contributed by atoms with Gasteiger partial charge in [0.05, 0.1) is 6.42 Å². The number of aryl methyl sites for hydroxylation is 1. The molecule has 2 aromatic heterocycles. The Balaban J connectivity index is 1.23. The first-order chi connectivity index (χ1) is 14.7. The van der Waals surface area contributed by atoms with Crippen molar-refractivity contribution in [2.24, 2.45) is 0 Å². The number of carbonyl (C=O) groups is 2. The molecule has 1 saturated heterocycles. The predicted molar refractivity (Wildman–Crippen MR) is 114 cm³/mol. The number of nitrogens with zero attached hydrogens (tertiary/aromatic N) is 3. The zero-order chi connectivity index (χ0) is 20.8. The van der Waals surface area contributed by atoms with Crippen LogP contribution in [0.1, 0.15) is 30.7 Å². The van der Waals surface area contributed by atoms with Crippen LogP contribution in [0.25, 0.3) is 11.5 Å². The van der Waals surface area contributed by atoms with Crippen LogP contribution >= 0.6 is 11.3 Å². The van der Waals surface area contributed by atoms with Crippen LogP contribution in [0.4, 0.5) is 0 Å². The number of carbonyl (C=O) groups excluding carboxylic acids is 2. The fraction of sp³-hybridized carbons (Fsp3) is 0.364. The maximum Gasteiger partial charge on any atom is 0.248 e. The second kappa shape index (κ2) is 9.67. The highest BCUT2D eigenvalue weighted by molar-refractivity contribution is 7.08. The van der Waals surface area contributed by atoms with Gasteiger partial charge in [-0.2, -0.15) is 11.3 Å². The Morgan fingerprint density at radius 1 is 1.20 bits per heavy atom. The van der Waals surface area contributed by atoms with Gasteiger partial charge < -0.3 is 14.6 Å². The van der Waals surface area contributed by atoms with Crippen molar-refractivity contribution in [3.05, 3.63) is 58.6 Å². The van der Waals surface area contributed by atoms with E-state index in [1.54, 1.807) is 11.3 Å². The molecule has 0 bridgehead atoms. The number of aromatic nitrogens is 2. The standard InChI is InChI=1S/C22H24N4O3S/c27-19(8-9-20-24-25-22(29-20)17-10-12-30-15-17)23-18-7-4-11-26(14-18)21(28)13-16-5-2-1-3-6-16/h1-3,5-6,10,12,15,18H,4,7-9,11,13-14H2,(H,23,27). The van der Waals surface area contributed by atoms with Gasteiger partial charge >= 0.3 is 0 Å². The van der Waals surface area contributed by atoms with Gasteiger partial charge in [-0.3, -0.25) is 9.59 Å². The van der Waals surface area contributed by atoms with Crippen LogP contribution in [0.2, 0.25) is 0 Å². The normalized spacial score (nSPS) is 16.4. The molecule has 8 heteroatoms. The maximum atomic E-state index is 12.6. The summed E-state index contributed by atoms with van der Waals surface area (Å²) in [7, 11) is 0. The molecule has 0 spiro atoms. The molecule has 156 valence electrons. The molecule has 7 nitrogen and oxygen atoms in total. The van der Waals surface area contributed by atoms with Gasteiger partial charge in [0.2, 0.25) is 23.6 Å². The van der Waals surface area contributed by atoms with Crippen molar-refractivity contribution in [3.63, 3.8) is 0 Å². The van der Waals surface area contributed by atoms with Crippen LogP contribution in [0.5, 0.6) is 0 Å². The van der Waals surface area contributed by atoms with Gasteiger partial charge in [-0.05, 0) is 29.9 Å². The third kappa shape index (κ3) is 5.33. The van der Waals surface area contributed by atoms with Crippen molar-refractivity contribution in [3.8, 4) is 11.5 Å². The van der Waals surface area contributed by atoms with Crippen molar-refractivity contribution in [1.82, 2.24) is 20.4 Å². The van der Waals surface area contributed by atoms with Crippen LogP contribution in [0.3, 0.4) is 0 Å². The molecule has 1 unspecified atom stereocenters. The molecular weight excluding hydrogens is 400 g/mol. The molecule has 0 aliphatic carbocycles. The third-order valence-electron chi connectivity index (χ3n) is 5.14. The Morgan fingerprint density at radius 2 is 2.07 bits per heavy atom. The molecule has 1 aromatic carbocycles. The molecule has 0 radical (unpaired) electrons. The highest BCUT2D eigenvalue weighted by Gasteiger charge is 2.25. The molecule has 1 aliphatic heterocycles. The summed E-state index contributed by atoms with van der Waals surface area (Å²) < 4.78 is 5.63. The number of amides is 2. The van der Waals surface area contributed by atoms with E-state index < -0.39 is 0 Å². The summed E-state index contributed by atoms with van der Waals surface area (Å²) in [6.45, 7) is 1.30. The van der Waals surface area contributed by atoms with E-state index in [9.17, 15) is 9.59 Å². The second-order valence-corrected chi connectivity index (χ2v) is 8.20. The van der Waals surface area contributed by atoms with E-state index in [0.717, 1.165) is 30.5 Å². The molecule has 1 aliphatic rings. The van der Waals surface area contributed by atoms with E-state index in [-0.39, 0.29) is 24.3 Å². The van der Waals surface area contributed by atoms with Gasteiger partial charge in [0.25, 0.3) is 0 Å². The summed E-state index contributed by atoms with van der Waals surface area (Å²) in [6.07, 6.45) is 2.83. The summed E-state index contributed by atoms with van der Waals surface area (Å²) in [5.74, 6) is 0.973. The van der Waals surface area contributed by atoms with E-state index in [2.05, 4.69) is 15.5 Å². The minimum Gasteiger partial charge on any atom is -0.421 e. The number of thiophene rings is 1. The first kappa shape index (κ1) is 20.3. The van der Waals surface area contributed by atoms with Crippen LogP contribution in [-0.2, 0) is 22.4 Å². The van der Waals surface area contributed by atoms with E-state index in [0.29, 0.717) is 31.2 Å². The smallest absolute Gasteiger partial charge is 0.248 e. The number of hydrogen-bond acceptors (Lipinski definition) is 6. The average molecular weight is 425 g/mol. The number of nitrogens with one attached hydrogen (secondary N) is 1. The third-order valence-corrected chi connectivity index (χ3v) is 5.82. The zero-order valence-corrected chi connectivity index (χ0v) is 17.4. The Hall–Kier alpha value is -3.00. The summed E-state index contributed by atoms with van der Waals surface area (Å²) >= 11 is 1.56. The van der Waals surface area contributed by atoms with Gasteiger partial charge in [0, 0.05) is 42.9 Å². The van der Waals surface area contributed by atoms with E-state index in [1.807, 2.05) is 52.1 Å². The molecule has 2 amide bonds. The number of rotatable bonds is 7. The predicted octanol–water partition coefficient (Wildman–Crippen LogP) is 3.08. The summed E-state index contributed by atoms with van der Waals surface area (Å²) in [6, 6.07) is 11.6. The number of hydrogen-bond donors (Lipinski definition) is 1. The number of likely N-dealkylation sites (tertiary alicyclic amines) is 1. The van der Waals surface area contributed by atoms with Crippen LogP contribution < -0.4 is 5.32 Å². The molecule has 0 saturated carbocycles. The van der Waals surface area contributed by atoms with Crippen molar-refractivity contribution >= 4 is 23.2 Å². The molecule has 3 heterocycles. The second-order valence-electron chi connectivity index (χ2n) is 7.42. The van der Waals surface area contributed by atoms with Crippen LogP contribution in [-0.4, -0.2) is 46.0 Å². The van der Waals surface area contributed by atoms with Crippen molar-refractivity contribution in [2.45, 2.75) is 38.1 Å². The molecule has 4 rings (SSSR count). The monoisotopic (exact) mass is 424 g/mol. The van der Waals surface area contributed by atoms with Crippen molar-refractivity contribution in [2.75, 3.05) is 13.1 Å². The first-order valence-electron chi connectivity index (χ1n) is 10.1. The molecule has 30 heavy (non-hydrogen) atoms. The topological polar surface area (TPSA) is 88.3 Å². The van der Waals surface area contributed by atoms with E-state index in [1.165, 1.54) is 0 Å². The largest absolute Gasteiger partial charge is 0.421 e. The SMILES string of the molecule is O=C(CCc1nnc(-c2ccsc2)o1)NC1CCCN(C(=O)Cc2ccccc2)C1. The maximum absolute atomic E-state index is 12.6. The Kier molecular flexibility index (Phi) is 6.53. The van der Waals surface area contributed by atoms with Gasteiger partial charge in [0.15, 0.2) is 0 Å². The Bertz CT molecular complexity index is 971. The lowest BCUT2D eigenvalue weighted by Gasteiger charge is -2.33. The van der Waals surface area contributed by atoms with Gasteiger partial charge in [-0.25, -0.2) is 0 Å². The number of benzene rings is 1. The summed E-state index contributed by atoms with van der Waals surface area (Å²) in [5.41, 5.74) is 1.90. The molecule has 1 N–H and O–H groups in total. The highest BCUT2D eigenvalue weighted by atomic mass is 32.1. The molecular formula is C22H24N4O3S. The molecule has 3 aromatic rings. The van der Waals surface area contributed by atoms with E-state index >= 15 is 0 Å². The minimum atomic E-state index is -0.0624. The van der Waals surface area contributed by atoms with Gasteiger partial charge in [-0.1, -0.05) is 30.3 Å². The number of piperidine rings is 1. The zero-order valence-electron chi connectivity index (χ0n) is 16.6. The Labute approximate surface area is 179 Å². The Morgan fingerprint density at radius 3 is 2.87 bits per heavy atom. The van der Waals surface area contributed by atoms with Gasteiger partial charge in [0.1, 0.15) is 0 Å². The quantitative estimate of drug-likeness (QED) is 0.630. The fourth-order valence-corrected chi connectivity index (χ4v) is 4.21. The summed E-state index contributed by atoms with van der Waals surface area (Å²) in [5, 5.41) is 15.0. The fourth-order valence-electron chi connectivity index (χ4n) is 3.58. The summed E-state index contributed by atoms with van der Waals surface area (Å²) in [4.78, 5) is 26.8. The van der Waals surface area contributed by atoms with Crippen molar-refractivity contribution in [1.29, 1.82) is 0 Å². The lowest BCUT2D eigenvalue weighted by atomic mass is 10.0. The minimum absolute atomic E-state index is 0.0185. The van der Waals surface area contributed by atoms with Crippen LogP contribution in [0.15, 0.2) is 51.6 Å². The van der Waals surface area contributed by atoms with Crippen molar-refractivity contribution < 1.29 is 14.0 Å². The molecule has 1 fully saturated rings. The first-order valence-corrected chi connectivity index (χ1v) is 11.1. The lowest BCUT2D eigenvalue weighted by molar-refractivity contribution is -0.133. The molecule has 1 atom stereocenters. The van der Waals surface area contributed by atoms with Gasteiger partial charge in [-0.15, -0.1) is 10.2 Å².